The lowest BCUT2D eigenvalue weighted by Gasteiger charge is -2.44. The van der Waals surface area contributed by atoms with Crippen LogP contribution in [0.5, 0.6) is 0 Å². The highest BCUT2D eigenvalue weighted by Gasteiger charge is 2.44. The number of sulfone groups is 1. The van der Waals surface area contributed by atoms with Crippen molar-refractivity contribution in [1.29, 1.82) is 0 Å². The molecule has 1 N–H and O–H groups in total. The topological polar surface area (TPSA) is 98.7 Å². The van der Waals surface area contributed by atoms with E-state index < -0.39 is 15.9 Å². The lowest BCUT2D eigenvalue weighted by Crippen LogP contribution is -2.52. The Kier molecular flexibility index (Phi) is 8.97. The van der Waals surface area contributed by atoms with Gasteiger partial charge in [-0.2, -0.15) is 4.98 Å². The average molecular weight is 613 g/mol. The van der Waals surface area contributed by atoms with Gasteiger partial charge in [-0.25, -0.2) is 13.4 Å². The number of nitrogens with zero attached hydrogens (tertiary/aromatic N) is 5. The summed E-state index contributed by atoms with van der Waals surface area (Å²) in [5.74, 6) is 0.938. The minimum absolute atomic E-state index is 0.0158. The number of likely N-dealkylation sites (tertiary alicyclic amines) is 1. The van der Waals surface area contributed by atoms with Gasteiger partial charge in [0.1, 0.15) is 11.9 Å². The number of halogens is 1. The third kappa shape index (κ3) is 6.35. The van der Waals surface area contributed by atoms with Gasteiger partial charge in [0.05, 0.1) is 16.2 Å². The van der Waals surface area contributed by atoms with Crippen molar-refractivity contribution in [2.75, 3.05) is 43.7 Å². The monoisotopic (exact) mass is 612 g/mol. The van der Waals surface area contributed by atoms with Crippen LogP contribution in [0.3, 0.4) is 0 Å². The second-order valence-electron chi connectivity index (χ2n) is 12.1. The Labute approximate surface area is 254 Å². The van der Waals surface area contributed by atoms with Gasteiger partial charge in [-0.3, -0.25) is 4.79 Å². The third-order valence-electron chi connectivity index (χ3n) is 8.84. The molecule has 9 nitrogen and oxygen atoms in total. The molecule has 42 heavy (non-hydrogen) atoms. The quantitative estimate of drug-likeness (QED) is 0.371. The summed E-state index contributed by atoms with van der Waals surface area (Å²) in [4.78, 5) is 29.7. The largest absolute Gasteiger partial charge is 0.358 e. The molecule has 3 aromatic rings. The molecule has 1 aliphatic heterocycles. The molecule has 5 rings (SSSR count). The van der Waals surface area contributed by atoms with Gasteiger partial charge in [-0.1, -0.05) is 29.8 Å². The summed E-state index contributed by atoms with van der Waals surface area (Å²) in [5.41, 5.74) is 0.738. The second kappa shape index (κ2) is 12.3. The molecule has 2 heterocycles. The molecule has 2 aliphatic rings. The highest BCUT2D eigenvalue weighted by Crippen LogP contribution is 2.36. The summed E-state index contributed by atoms with van der Waals surface area (Å²) in [6.45, 7) is 4.89. The molecule has 2 fully saturated rings. The van der Waals surface area contributed by atoms with E-state index in [-0.39, 0.29) is 29.7 Å². The molecule has 2 unspecified atom stereocenters. The van der Waals surface area contributed by atoms with Crippen LogP contribution in [-0.2, 0) is 14.6 Å². The Hall–Kier alpha value is -2.95. The lowest BCUT2D eigenvalue weighted by molar-refractivity contribution is -0.132. The first-order valence-corrected chi connectivity index (χ1v) is 16.7. The maximum absolute atomic E-state index is 14.0. The number of carbonyl (C=O) groups excluding carboxylic acids is 1. The van der Waals surface area contributed by atoms with Crippen molar-refractivity contribution < 1.29 is 13.2 Å². The van der Waals surface area contributed by atoms with Gasteiger partial charge in [-0.05, 0) is 82.8 Å². The van der Waals surface area contributed by atoms with Crippen LogP contribution in [0.15, 0.2) is 53.4 Å². The zero-order valence-electron chi connectivity index (χ0n) is 25.0. The third-order valence-corrected chi connectivity index (χ3v) is 10.9. The molecule has 1 saturated heterocycles. The predicted octanol–water partition coefficient (Wildman–Crippen LogP) is 4.71. The van der Waals surface area contributed by atoms with Crippen LogP contribution in [0, 0.1) is 5.92 Å². The first-order chi connectivity index (χ1) is 19.9. The van der Waals surface area contributed by atoms with Crippen LogP contribution in [0.25, 0.3) is 10.9 Å². The van der Waals surface area contributed by atoms with Crippen LogP contribution >= 0.6 is 11.6 Å². The maximum atomic E-state index is 14.0. The second-order valence-corrected chi connectivity index (χ2v) is 14.6. The molecule has 4 atom stereocenters. The normalized spacial score (nSPS) is 23.2. The minimum Gasteiger partial charge on any atom is -0.358 e. The Morgan fingerprint density at radius 2 is 1.79 bits per heavy atom. The summed E-state index contributed by atoms with van der Waals surface area (Å²) < 4.78 is 27.1. The molecule has 1 aliphatic carbocycles. The number of amides is 1. The number of rotatable bonds is 9. The number of fused-ring (bicyclic) bond motifs is 1. The van der Waals surface area contributed by atoms with Gasteiger partial charge in [-0.15, -0.1) is 0 Å². The van der Waals surface area contributed by atoms with Crippen LogP contribution < -0.4 is 10.2 Å². The molecule has 0 bridgehead atoms. The fraction of sp³-hybridized carbons (Fsp3) is 0.516. The summed E-state index contributed by atoms with van der Waals surface area (Å²) in [6, 6.07) is 14.1. The summed E-state index contributed by atoms with van der Waals surface area (Å²) in [7, 11) is 2.34. The standard InChI is InChI=1S/C31H41ClN6O3S/c1-20(2)37(5)23-12-14-28(21(17-23)19-42(40,41)24-9-7-6-8-10-24)38-16-15-27(30(38)39)33-29-25-18-22(32)11-13-26(25)34-31(35-29)36(3)4/h6-11,13,18,20-21,23,27-28H,12,14-17,19H2,1-5H3,(H,33,34,35)/t21-,23?,27-,28?/m0/s1. The van der Waals surface area contributed by atoms with E-state index in [4.69, 9.17) is 16.6 Å². The van der Waals surface area contributed by atoms with Crippen LogP contribution in [0.1, 0.15) is 39.5 Å². The number of nitrogens with one attached hydrogen (secondary N) is 1. The summed E-state index contributed by atoms with van der Waals surface area (Å²) >= 11 is 6.31. The SMILES string of the molecule is CC(C)N(C)C1CCC(N2CC[C@H](Nc3nc(N(C)C)nc4ccc(Cl)cc34)C2=O)[C@H](CS(=O)(=O)c2ccccc2)C1. The van der Waals surface area contributed by atoms with E-state index in [0.29, 0.717) is 40.7 Å². The van der Waals surface area contributed by atoms with Gasteiger partial charge < -0.3 is 20.0 Å². The molecule has 1 saturated carbocycles. The highest BCUT2D eigenvalue weighted by molar-refractivity contribution is 7.91. The zero-order valence-corrected chi connectivity index (χ0v) is 26.6. The van der Waals surface area contributed by atoms with Gasteiger partial charge in [0.15, 0.2) is 9.84 Å². The Morgan fingerprint density at radius 3 is 2.48 bits per heavy atom. The smallest absolute Gasteiger partial charge is 0.245 e. The fourth-order valence-corrected chi connectivity index (χ4v) is 8.20. The number of aromatic nitrogens is 2. The van der Waals surface area contributed by atoms with Crippen molar-refractivity contribution in [2.24, 2.45) is 5.92 Å². The lowest BCUT2D eigenvalue weighted by atomic mass is 9.81. The molecule has 0 spiro atoms. The van der Waals surface area contributed by atoms with E-state index in [1.54, 1.807) is 30.3 Å². The first-order valence-electron chi connectivity index (χ1n) is 14.7. The van der Waals surface area contributed by atoms with Gasteiger partial charge >= 0.3 is 0 Å². The van der Waals surface area contributed by atoms with E-state index in [0.717, 1.165) is 30.2 Å². The van der Waals surface area contributed by atoms with Crippen molar-refractivity contribution >= 4 is 50.0 Å². The van der Waals surface area contributed by atoms with Crippen molar-refractivity contribution in [3.63, 3.8) is 0 Å². The van der Waals surface area contributed by atoms with Crippen molar-refractivity contribution in [3.05, 3.63) is 53.6 Å². The summed E-state index contributed by atoms with van der Waals surface area (Å²) in [5, 5.41) is 4.72. The number of anilines is 2. The Morgan fingerprint density at radius 1 is 1.05 bits per heavy atom. The molecule has 1 amide bonds. The molecule has 0 radical (unpaired) electrons. The van der Waals surface area contributed by atoms with Crippen molar-refractivity contribution in [3.8, 4) is 0 Å². The van der Waals surface area contributed by atoms with Gasteiger partial charge in [0.25, 0.3) is 0 Å². The molecular weight excluding hydrogens is 572 g/mol. The van der Waals surface area contributed by atoms with E-state index in [1.165, 1.54) is 0 Å². The summed E-state index contributed by atoms with van der Waals surface area (Å²) in [6.07, 6.45) is 3.02. The van der Waals surface area contributed by atoms with E-state index in [1.807, 2.05) is 42.1 Å². The number of hydrogen-bond acceptors (Lipinski definition) is 8. The highest BCUT2D eigenvalue weighted by atomic mass is 35.5. The molecular formula is C31H41ClN6O3S. The number of benzene rings is 2. The van der Waals surface area contributed by atoms with Crippen LogP contribution in [0.4, 0.5) is 11.8 Å². The molecule has 1 aromatic heterocycles. The Balaban J connectivity index is 1.40. The average Bonchev–Trinajstić information content (AvgIpc) is 3.32. The van der Waals surface area contributed by atoms with E-state index in [9.17, 15) is 13.2 Å². The zero-order chi connectivity index (χ0) is 30.2. The molecule has 2 aromatic carbocycles. The van der Waals surface area contributed by atoms with E-state index >= 15 is 0 Å². The predicted molar refractivity (Wildman–Crippen MR) is 169 cm³/mol. The first kappa shape index (κ1) is 30.5. The van der Waals surface area contributed by atoms with Gasteiger partial charge in [0.2, 0.25) is 11.9 Å². The van der Waals surface area contributed by atoms with Crippen molar-refractivity contribution in [1.82, 2.24) is 19.8 Å². The van der Waals surface area contributed by atoms with E-state index in [2.05, 4.69) is 36.1 Å². The number of carbonyl (C=O) groups is 1. The maximum Gasteiger partial charge on any atom is 0.245 e. The number of hydrogen-bond donors (Lipinski definition) is 1. The van der Waals surface area contributed by atoms with Crippen LogP contribution in [0.2, 0.25) is 5.02 Å². The van der Waals surface area contributed by atoms with Crippen LogP contribution in [-0.4, -0.2) is 91.7 Å². The fourth-order valence-electron chi connectivity index (χ4n) is 6.34. The molecule has 226 valence electrons. The minimum atomic E-state index is -3.52. The Bertz CT molecular complexity index is 1530. The van der Waals surface area contributed by atoms with Gasteiger partial charge in [0, 0.05) is 49.2 Å². The molecule has 11 heteroatoms. The van der Waals surface area contributed by atoms with Crippen molar-refractivity contribution in [2.45, 2.75) is 68.6 Å².